The van der Waals surface area contributed by atoms with Gasteiger partial charge in [-0.2, -0.15) is 0 Å². The van der Waals surface area contributed by atoms with Crippen molar-refractivity contribution in [3.8, 4) is 0 Å². The maximum atomic E-state index is 11.9. The first-order chi connectivity index (χ1) is 9.86. The highest BCUT2D eigenvalue weighted by Gasteiger charge is 2.43. The molecule has 1 saturated heterocycles. The summed E-state index contributed by atoms with van der Waals surface area (Å²) in [7, 11) is 0. The summed E-state index contributed by atoms with van der Waals surface area (Å²) in [6.07, 6.45) is 0.529. The lowest BCUT2D eigenvalue weighted by molar-refractivity contribution is -0.123. The van der Waals surface area contributed by atoms with Crippen LogP contribution in [0.3, 0.4) is 0 Å². The standard InChI is InChI=1S/C14H18N4O3.ClH/c1-3-10(15)11(19)16-9-6-4-5-8(7-9)14(2)12(20)17-13(21)18-14;/h4-7,10H,3,15H2,1-2H3,(H,16,19)(H2,17,18,20,21);1H/t10-,14?;/m0./s1. The van der Waals surface area contributed by atoms with Crippen molar-refractivity contribution in [2.24, 2.45) is 5.73 Å². The van der Waals surface area contributed by atoms with Crippen molar-refractivity contribution in [1.82, 2.24) is 10.6 Å². The highest BCUT2D eigenvalue weighted by molar-refractivity contribution is 6.07. The molecule has 1 fully saturated rings. The molecule has 1 heterocycles. The maximum absolute atomic E-state index is 11.9. The smallest absolute Gasteiger partial charge is 0.322 e. The topological polar surface area (TPSA) is 113 Å². The molecule has 0 aliphatic carbocycles. The Kier molecular flexibility index (Phi) is 5.51. The first-order valence-electron chi connectivity index (χ1n) is 6.67. The number of amides is 4. The number of nitrogens with two attached hydrogens (primary N) is 1. The zero-order valence-corrected chi connectivity index (χ0v) is 13.1. The molecule has 1 aliphatic heterocycles. The Balaban J connectivity index is 0.00000242. The number of carbonyl (C=O) groups is 3. The van der Waals surface area contributed by atoms with E-state index in [9.17, 15) is 14.4 Å². The summed E-state index contributed by atoms with van der Waals surface area (Å²) < 4.78 is 0. The van der Waals surface area contributed by atoms with Gasteiger partial charge >= 0.3 is 6.03 Å². The van der Waals surface area contributed by atoms with Crippen LogP contribution in [0.2, 0.25) is 0 Å². The Bertz CT molecular complexity index is 608. The van der Waals surface area contributed by atoms with Crippen LogP contribution in [0.4, 0.5) is 10.5 Å². The fraction of sp³-hybridized carbons (Fsp3) is 0.357. The minimum atomic E-state index is -1.15. The van der Waals surface area contributed by atoms with Gasteiger partial charge < -0.3 is 16.4 Å². The lowest BCUT2D eigenvalue weighted by atomic mass is 9.92. The third-order valence-electron chi connectivity index (χ3n) is 3.53. The van der Waals surface area contributed by atoms with Crippen molar-refractivity contribution in [3.05, 3.63) is 29.8 Å². The van der Waals surface area contributed by atoms with Gasteiger partial charge in [0, 0.05) is 5.69 Å². The number of rotatable bonds is 4. The molecule has 1 aromatic rings. The summed E-state index contributed by atoms with van der Waals surface area (Å²) in [5, 5.41) is 7.46. The summed E-state index contributed by atoms with van der Waals surface area (Å²) in [6, 6.07) is 5.63. The van der Waals surface area contributed by atoms with Crippen LogP contribution in [-0.2, 0) is 15.1 Å². The monoisotopic (exact) mass is 326 g/mol. The first-order valence-corrected chi connectivity index (χ1v) is 6.67. The first kappa shape index (κ1) is 17.9. The fourth-order valence-corrected chi connectivity index (χ4v) is 2.07. The van der Waals surface area contributed by atoms with Crippen LogP contribution < -0.4 is 21.7 Å². The Morgan fingerprint density at radius 3 is 2.64 bits per heavy atom. The third kappa shape index (κ3) is 3.37. The fourth-order valence-electron chi connectivity index (χ4n) is 2.07. The highest BCUT2D eigenvalue weighted by Crippen LogP contribution is 2.26. The molecule has 22 heavy (non-hydrogen) atoms. The van der Waals surface area contributed by atoms with Gasteiger partial charge in [-0.15, -0.1) is 12.4 Å². The van der Waals surface area contributed by atoms with Crippen molar-refractivity contribution >= 4 is 35.9 Å². The van der Waals surface area contributed by atoms with Gasteiger partial charge in [0.15, 0.2) is 0 Å². The SMILES string of the molecule is CC[C@H](N)C(=O)Nc1cccc(C2(C)NC(=O)NC2=O)c1.Cl. The number of nitrogens with one attached hydrogen (secondary N) is 3. The summed E-state index contributed by atoms with van der Waals surface area (Å²) in [4.78, 5) is 35.0. The summed E-state index contributed by atoms with van der Waals surface area (Å²) in [5.74, 6) is -0.721. The summed E-state index contributed by atoms with van der Waals surface area (Å²) >= 11 is 0. The van der Waals surface area contributed by atoms with E-state index in [1.807, 2.05) is 6.92 Å². The minimum Gasteiger partial charge on any atom is -0.325 e. The predicted octanol–water partition coefficient (Wildman–Crippen LogP) is 0.839. The second kappa shape index (κ2) is 6.76. The van der Waals surface area contributed by atoms with E-state index >= 15 is 0 Å². The van der Waals surface area contributed by atoms with E-state index in [1.165, 1.54) is 0 Å². The quantitative estimate of drug-likeness (QED) is 0.614. The van der Waals surface area contributed by atoms with E-state index < -0.39 is 23.5 Å². The van der Waals surface area contributed by atoms with Crippen LogP contribution in [0.15, 0.2) is 24.3 Å². The summed E-state index contributed by atoms with van der Waals surface area (Å²) in [6.45, 7) is 3.42. The van der Waals surface area contributed by atoms with Crippen LogP contribution in [-0.4, -0.2) is 23.9 Å². The third-order valence-corrected chi connectivity index (χ3v) is 3.53. The van der Waals surface area contributed by atoms with E-state index in [1.54, 1.807) is 31.2 Å². The van der Waals surface area contributed by atoms with Gasteiger partial charge in [0.1, 0.15) is 5.54 Å². The van der Waals surface area contributed by atoms with E-state index in [0.717, 1.165) is 0 Å². The maximum Gasteiger partial charge on any atom is 0.322 e. The molecular weight excluding hydrogens is 308 g/mol. The highest BCUT2D eigenvalue weighted by atomic mass is 35.5. The number of hydrogen-bond donors (Lipinski definition) is 4. The largest absolute Gasteiger partial charge is 0.325 e. The molecule has 1 aliphatic rings. The Morgan fingerprint density at radius 2 is 2.09 bits per heavy atom. The summed E-state index contributed by atoms with van der Waals surface area (Å²) in [5.41, 5.74) is 5.61. The van der Waals surface area contributed by atoms with Crippen LogP contribution in [0.1, 0.15) is 25.8 Å². The van der Waals surface area contributed by atoms with Gasteiger partial charge in [-0.1, -0.05) is 19.1 Å². The van der Waals surface area contributed by atoms with E-state index in [2.05, 4.69) is 16.0 Å². The molecule has 2 rings (SSSR count). The van der Waals surface area contributed by atoms with Crippen LogP contribution in [0, 0.1) is 0 Å². The van der Waals surface area contributed by atoms with Crippen molar-refractivity contribution in [1.29, 1.82) is 0 Å². The molecule has 1 unspecified atom stereocenters. The molecule has 0 spiro atoms. The molecule has 8 heteroatoms. The lowest BCUT2D eigenvalue weighted by Gasteiger charge is -2.22. The molecular formula is C14H19ClN4O3. The average molecular weight is 327 g/mol. The molecule has 7 nitrogen and oxygen atoms in total. The van der Waals surface area contributed by atoms with Crippen LogP contribution >= 0.6 is 12.4 Å². The number of anilines is 1. The van der Waals surface area contributed by atoms with Gasteiger partial charge in [-0.05, 0) is 31.0 Å². The zero-order chi connectivity index (χ0) is 15.6. The van der Waals surface area contributed by atoms with Gasteiger partial charge in [-0.25, -0.2) is 4.79 Å². The Hall–Kier alpha value is -2.12. The minimum absolute atomic E-state index is 0. The van der Waals surface area contributed by atoms with Gasteiger partial charge in [-0.3, -0.25) is 14.9 Å². The Morgan fingerprint density at radius 1 is 1.41 bits per heavy atom. The molecule has 0 bridgehead atoms. The van der Waals surface area contributed by atoms with Gasteiger partial charge in [0.25, 0.3) is 5.91 Å². The second-order valence-electron chi connectivity index (χ2n) is 5.12. The average Bonchev–Trinajstić information content (AvgIpc) is 2.72. The molecule has 2 atom stereocenters. The zero-order valence-electron chi connectivity index (χ0n) is 12.3. The number of carbonyl (C=O) groups excluding carboxylic acids is 3. The molecule has 0 aromatic heterocycles. The van der Waals surface area contributed by atoms with E-state index in [-0.39, 0.29) is 18.3 Å². The van der Waals surface area contributed by atoms with E-state index in [0.29, 0.717) is 17.7 Å². The van der Waals surface area contributed by atoms with Crippen molar-refractivity contribution < 1.29 is 14.4 Å². The molecule has 120 valence electrons. The molecule has 5 N–H and O–H groups in total. The molecule has 0 radical (unpaired) electrons. The van der Waals surface area contributed by atoms with E-state index in [4.69, 9.17) is 5.73 Å². The number of benzene rings is 1. The van der Waals surface area contributed by atoms with Gasteiger partial charge in [0.05, 0.1) is 6.04 Å². The van der Waals surface area contributed by atoms with Gasteiger partial charge in [0.2, 0.25) is 5.91 Å². The number of halogens is 1. The van der Waals surface area contributed by atoms with Crippen molar-refractivity contribution in [3.63, 3.8) is 0 Å². The van der Waals surface area contributed by atoms with Crippen molar-refractivity contribution in [2.45, 2.75) is 31.8 Å². The molecule has 4 amide bonds. The normalized spacial score (nSPS) is 21.4. The number of imide groups is 1. The van der Waals surface area contributed by atoms with Crippen LogP contribution in [0.5, 0.6) is 0 Å². The number of hydrogen-bond acceptors (Lipinski definition) is 4. The second-order valence-corrected chi connectivity index (χ2v) is 5.12. The van der Waals surface area contributed by atoms with Crippen molar-refractivity contribution in [2.75, 3.05) is 5.32 Å². The lowest BCUT2D eigenvalue weighted by Crippen LogP contribution is -2.40. The number of urea groups is 1. The predicted molar refractivity (Wildman–Crippen MR) is 84.6 cm³/mol. The Labute approximate surface area is 134 Å². The molecule has 1 aromatic carbocycles. The van der Waals surface area contributed by atoms with Crippen LogP contribution in [0.25, 0.3) is 0 Å². The molecule has 0 saturated carbocycles.